The van der Waals surface area contributed by atoms with Gasteiger partial charge in [0, 0.05) is 11.7 Å². The molecule has 0 saturated carbocycles. The van der Waals surface area contributed by atoms with Crippen molar-refractivity contribution in [2.75, 3.05) is 5.32 Å². The van der Waals surface area contributed by atoms with Gasteiger partial charge in [0.1, 0.15) is 17.7 Å². The quantitative estimate of drug-likeness (QED) is 0.296. The number of aryl methyl sites for hydroxylation is 2. The summed E-state index contributed by atoms with van der Waals surface area (Å²) in [7, 11) is 0. The average molecular weight is 581 g/mol. The van der Waals surface area contributed by atoms with Crippen molar-refractivity contribution >= 4 is 29.5 Å². The Labute approximate surface area is 250 Å². The molecular formula is C33H48N4O5. The Morgan fingerprint density at radius 2 is 1.52 bits per heavy atom. The number of hydrogen-bond donors (Lipinski definition) is 3. The molecule has 0 saturated heterocycles. The zero-order chi connectivity index (χ0) is 31.8. The van der Waals surface area contributed by atoms with Crippen molar-refractivity contribution in [2.45, 2.75) is 105 Å². The summed E-state index contributed by atoms with van der Waals surface area (Å²) < 4.78 is 5.39. The summed E-state index contributed by atoms with van der Waals surface area (Å²) in [5, 5.41) is 5.58. The Morgan fingerprint density at radius 3 is 2.10 bits per heavy atom. The number of benzene rings is 2. The molecule has 0 fully saturated rings. The number of alkyl carbamates (subject to hydrolysis) is 1. The van der Waals surface area contributed by atoms with Crippen LogP contribution in [0.4, 0.5) is 10.5 Å². The summed E-state index contributed by atoms with van der Waals surface area (Å²) in [6, 6.07) is 10.2. The minimum absolute atomic E-state index is 0.352. The molecule has 0 aliphatic heterocycles. The molecule has 4 N–H and O–H groups in total. The van der Waals surface area contributed by atoms with Crippen LogP contribution in [0.2, 0.25) is 0 Å². The van der Waals surface area contributed by atoms with Crippen LogP contribution in [0.3, 0.4) is 0 Å². The first-order valence-electron chi connectivity index (χ1n) is 14.5. The van der Waals surface area contributed by atoms with Crippen molar-refractivity contribution in [3.05, 3.63) is 64.7 Å². The van der Waals surface area contributed by atoms with E-state index >= 15 is 0 Å². The van der Waals surface area contributed by atoms with Gasteiger partial charge in [0.15, 0.2) is 0 Å². The molecule has 2 rings (SSSR count). The highest BCUT2D eigenvalue weighted by Crippen LogP contribution is 2.32. The Hall–Kier alpha value is -3.88. The molecule has 2 aromatic carbocycles. The third-order valence-electron chi connectivity index (χ3n) is 7.16. The molecule has 0 aromatic heterocycles. The van der Waals surface area contributed by atoms with E-state index in [1.165, 1.54) is 4.90 Å². The Morgan fingerprint density at radius 1 is 0.905 bits per heavy atom. The normalized spacial score (nSPS) is 13.6. The van der Waals surface area contributed by atoms with Crippen LogP contribution in [-0.2, 0) is 19.1 Å². The van der Waals surface area contributed by atoms with Crippen LogP contribution in [0, 0.1) is 26.7 Å². The first-order chi connectivity index (χ1) is 19.5. The van der Waals surface area contributed by atoms with E-state index in [9.17, 15) is 19.2 Å². The summed E-state index contributed by atoms with van der Waals surface area (Å²) in [6.07, 6.45) is 0.0800. The lowest BCUT2D eigenvalue weighted by Gasteiger charge is -2.39. The summed E-state index contributed by atoms with van der Waals surface area (Å²) in [4.78, 5) is 55.1. The van der Waals surface area contributed by atoms with Crippen molar-refractivity contribution in [1.82, 2.24) is 10.2 Å². The number of carbonyl (C=O) groups excluding carboxylic acids is 4. The lowest BCUT2D eigenvalue weighted by Crippen LogP contribution is -2.56. The number of amides is 4. The standard InChI is InChI=1S/C33H48N4O5/c1-20(2)17-18-23(5)37(31(40)27(19-28(34)38)36-32(41)42-33(7,8)9)29(25-15-12-14-21(3)24(25)6)30(39)35-26-16-11-10-13-22(26)4/h10-16,20,23,27,29H,17-19H2,1-9H3,(H2,34,38)(H,35,39)(H,36,41). The molecule has 0 bridgehead atoms. The van der Waals surface area contributed by atoms with Gasteiger partial charge in [0.05, 0.1) is 6.42 Å². The molecule has 0 aliphatic rings. The number of nitrogens with one attached hydrogen (secondary N) is 2. The third-order valence-corrected chi connectivity index (χ3v) is 7.16. The molecule has 9 nitrogen and oxygen atoms in total. The number of primary amides is 1. The smallest absolute Gasteiger partial charge is 0.408 e. The van der Waals surface area contributed by atoms with Gasteiger partial charge in [0.25, 0.3) is 5.91 Å². The van der Waals surface area contributed by atoms with Crippen molar-refractivity contribution in [3.63, 3.8) is 0 Å². The predicted molar refractivity (Wildman–Crippen MR) is 166 cm³/mol. The van der Waals surface area contributed by atoms with Crippen molar-refractivity contribution in [2.24, 2.45) is 11.7 Å². The summed E-state index contributed by atoms with van der Waals surface area (Å²) in [5.74, 6) is -1.42. The number of anilines is 1. The monoisotopic (exact) mass is 580 g/mol. The molecule has 230 valence electrons. The highest BCUT2D eigenvalue weighted by molar-refractivity contribution is 6.00. The third kappa shape index (κ3) is 9.89. The maximum absolute atomic E-state index is 14.5. The fourth-order valence-corrected chi connectivity index (χ4v) is 4.75. The highest BCUT2D eigenvalue weighted by Gasteiger charge is 2.40. The van der Waals surface area contributed by atoms with E-state index in [0.29, 0.717) is 23.6 Å². The van der Waals surface area contributed by atoms with Crippen LogP contribution in [0.5, 0.6) is 0 Å². The average Bonchev–Trinajstić information content (AvgIpc) is 2.87. The van der Waals surface area contributed by atoms with Crippen LogP contribution in [-0.4, -0.2) is 46.4 Å². The van der Waals surface area contributed by atoms with Crippen molar-refractivity contribution < 1.29 is 23.9 Å². The molecule has 2 aromatic rings. The van der Waals surface area contributed by atoms with Gasteiger partial charge in [-0.1, -0.05) is 50.2 Å². The first kappa shape index (κ1) is 34.3. The van der Waals surface area contributed by atoms with Gasteiger partial charge in [-0.15, -0.1) is 0 Å². The van der Waals surface area contributed by atoms with Gasteiger partial charge in [-0.25, -0.2) is 4.79 Å². The van der Waals surface area contributed by atoms with Gasteiger partial charge >= 0.3 is 6.09 Å². The van der Waals surface area contributed by atoms with Gasteiger partial charge in [0.2, 0.25) is 11.8 Å². The van der Waals surface area contributed by atoms with Crippen LogP contribution in [0.15, 0.2) is 42.5 Å². The maximum Gasteiger partial charge on any atom is 0.408 e. The SMILES string of the molecule is Cc1ccccc1NC(=O)C(c1cccc(C)c1C)N(C(=O)C(CC(N)=O)NC(=O)OC(C)(C)C)C(C)CCC(C)C. The lowest BCUT2D eigenvalue weighted by molar-refractivity contribution is -0.144. The Bertz CT molecular complexity index is 1270. The van der Waals surface area contributed by atoms with E-state index in [1.807, 2.05) is 70.2 Å². The van der Waals surface area contributed by atoms with Crippen LogP contribution in [0.1, 0.15) is 89.1 Å². The Kier molecular flexibility index (Phi) is 12.1. The zero-order valence-electron chi connectivity index (χ0n) is 26.5. The summed E-state index contributed by atoms with van der Waals surface area (Å²) >= 11 is 0. The number of nitrogens with two attached hydrogens (primary N) is 1. The number of nitrogens with zero attached hydrogens (tertiary/aromatic N) is 1. The predicted octanol–water partition coefficient (Wildman–Crippen LogP) is 5.71. The van der Waals surface area contributed by atoms with Gasteiger partial charge in [-0.3, -0.25) is 14.4 Å². The Balaban J connectivity index is 2.71. The molecule has 3 atom stereocenters. The zero-order valence-corrected chi connectivity index (χ0v) is 26.5. The molecule has 0 radical (unpaired) electrons. The minimum Gasteiger partial charge on any atom is -0.444 e. The number of hydrogen-bond acceptors (Lipinski definition) is 5. The molecule has 9 heteroatoms. The van der Waals surface area contributed by atoms with E-state index in [4.69, 9.17) is 10.5 Å². The molecule has 42 heavy (non-hydrogen) atoms. The van der Waals surface area contributed by atoms with E-state index in [-0.39, 0.29) is 0 Å². The topological polar surface area (TPSA) is 131 Å². The molecular weight excluding hydrogens is 532 g/mol. The van der Waals surface area contributed by atoms with Gasteiger partial charge < -0.3 is 26.0 Å². The molecule has 0 heterocycles. The summed E-state index contributed by atoms with van der Waals surface area (Å²) in [6.45, 7) is 16.9. The highest BCUT2D eigenvalue weighted by atomic mass is 16.6. The van der Waals surface area contributed by atoms with Crippen molar-refractivity contribution in [3.8, 4) is 0 Å². The van der Waals surface area contributed by atoms with Crippen LogP contribution in [0.25, 0.3) is 0 Å². The second-order valence-corrected chi connectivity index (χ2v) is 12.4. The first-order valence-corrected chi connectivity index (χ1v) is 14.5. The maximum atomic E-state index is 14.5. The molecule has 0 spiro atoms. The molecule has 0 aliphatic carbocycles. The number of ether oxygens (including phenoxy) is 1. The van der Waals surface area contributed by atoms with E-state index in [2.05, 4.69) is 24.5 Å². The van der Waals surface area contributed by atoms with Crippen LogP contribution < -0.4 is 16.4 Å². The van der Waals surface area contributed by atoms with Gasteiger partial charge in [-0.05, 0) is 95.5 Å². The minimum atomic E-state index is -1.34. The fourth-order valence-electron chi connectivity index (χ4n) is 4.75. The largest absolute Gasteiger partial charge is 0.444 e. The number of rotatable bonds is 12. The fraction of sp³-hybridized carbons (Fsp3) is 0.515. The van der Waals surface area contributed by atoms with E-state index < -0.39 is 54.0 Å². The second-order valence-electron chi connectivity index (χ2n) is 12.4. The number of para-hydroxylation sites is 1. The molecule has 3 unspecified atom stereocenters. The van der Waals surface area contributed by atoms with Crippen LogP contribution >= 0.6 is 0 Å². The summed E-state index contributed by atoms with van der Waals surface area (Å²) in [5.41, 5.74) is 8.68. The number of carbonyl (C=O) groups is 4. The van der Waals surface area contributed by atoms with E-state index in [1.54, 1.807) is 20.8 Å². The van der Waals surface area contributed by atoms with E-state index in [0.717, 1.165) is 23.1 Å². The van der Waals surface area contributed by atoms with Gasteiger partial charge in [-0.2, -0.15) is 0 Å². The lowest BCUT2D eigenvalue weighted by atomic mass is 9.92. The molecule has 4 amide bonds. The van der Waals surface area contributed by atoms with Crippen molar-refractivity contribution in [1.29, 1.82) is 0 Å². The second kappa shape index (κ2) is 14.8.